The minimum Gasteiger partial charge on any atom is -0.462 e. The van der Waals surface area contributed by atoms with Crippen molar-refractivity contribution in [1.29, 1.82) is 0 Å². The molecule has 3 N–H and O–H groups in total. The van der Waals surface area contributed by atoms with E-state index in [9.17, 15) is 19.8 Å². The van der Waals surface area contributed by atoms with Crippen molar-refractivity contribution in [3.63, 3.8) is 0 Å². The van der Waals surface area contributed by atoms with Crippen molar-refractivity contribution in [2.45, 2.75) is 270 Å². The Balaban J connectivity index is 4.53. The van der Waals surface area contributed by atoms with E-state index in [0.717, 1.165) is 83.5 Å². The molecule has 6 nitrogen and oxygen atoms in total. The first-order valence-corrected chi connectivity index (χ1v) is 25.4. The lowest BCUT2D eigenvalue weighted by Crippen LogP contribution is -2.46. The molecule has 1 amide bonds. The Morgan fingerprint density at radius 1 is 0.508 bits per heavy atom. The van der Waals surface area contributed by atoms with Crippen LogP contribution in [0.3, 0.4) is 0 Å². The first-order chi connectivity index (χ1) is 29.0. The molecule has 0 aliphatic rings. The minimum atomic E-state index is -0.798. The van der Waals surface area contributed by atoms with Gasteiger partial charge in [-0.25, -0.2) is 0 Å². The number of ether oxygens (including phenoxy) is 1. The van der Waals surface area contributed by atoms with Crippen LogP contribution >= 0.6 is 0 Å². The molecule has 0 aromatic rings. The molecule has 59 heavy (non-hydrogen) atoms. The van der Waals surface area contributed by atoms with Gasteiger partial charge in [-0.1, -0.05) is 211 Å². The van der Waals surface area contributed by atoms with Gasteiger partial charge in [0, 0.05) is 6.42 Å². The van der Waals surface area contributed by atoms with Gasteiger partial charge in [-0.2, -0.15) is 0 Å². The molecule has 0 spiro atoms. The topological polar surface area (TPSA) is 95.9 Å². The average Bonchev–Trinajstić information content (AvgIpc) is 3.23. The molecule has 6 heteroatoms. The largest absolute Gasteiger partial charge is 0.462 e. The highest BCUT2D eigenvalue weighted by Gasteiger charge is 2.24. The van der Waals surface area contributed by atoms with E-state index in [4.69, 9.17) is 4.74 Å². The van der Waals surface area contributed by atoms with E-state index in [-0.39, 0.29) is 24.9 Å². The summed E-state index contributed by atoms with van der Waals surface area (Å²) in [5.74, 6) is -0.521. The van der Waals surface area contributed by atoms with Crippen LogP contribution in [0.4, 0.5) is 0 Å². The minimum absolute atomic E-state index is 0.0486. The maximum atomic E-state index is 13.2. The summed E-state index contributed by atoms with van der Waals surface area (Å²) < 4.78 is 5.89. The highest BCUT2D eigenvalue weighted by atomic mass is 16.5. The van der Waals surface area contributed by atoms with Gasteiger partial charge in [0.25, 0.3) is 0 Å². The van der Waals surface area contributed by atoms with Crippen molar-refractivity contribution in [3.05, 3.63) is 48.6 Å². The molecule has 0 saturated carbocycles. The van der Waals surface area contributed by atoms with Gasteiger partial charge in [-0.3, -0.25) is 9.59 Å². The molecule has 0 heterocycles. The number of amides is 1. The molecule has 3 unspecified atom stereocenters. The predicted octanol–water partition coefficient (Wildman–Crippen LogP) is 15.1. The number of aliphatic hydroxyl groups is 2. The Labute approximate surface area is 366 Å². The lowest BCUT2D eigenvalue weighted by molar-refractivity contribution is -0.151. The van der Waals surface area contributed by atoms with Crippen LogP contribution in [-0.2, 0) is 14.3 Å². The second kappa shape index (κ2) is 46.9. The van der Waals surface area contributed by atoms with Crippen LogP contribution in [0.2, 0.25) is 0 Å². The fourth-order valence-electron chi connectivity index (χ4n) is 7.54. The zero-order chi connectivity index (χ0) is 43.1. The number of unbranched alkanes of at least 4 members (excludes halogenated alkanes) is 25. The number of hydrogen-bond acceptors (Lipinski definition) is 5. The summed E-state index contributed by atoms with van der Waals surface area (Å²) in [5.41, 5.74) is 0. The van der Waals surface area contributed by atoms with E-state index >= 15 is 0 Å². The van der Waals surface area contributed by atoms with E-state index in [1.54, 1.807) is 0 Å². The fraction of sp³-hybridized carbons (Fsp3) is 0.811. The van der Waals surface area contributed by atoms with Crippen molar-refractivity contribution in [2.24, 2.45) is 0 Å². The number of aliphatic hydroxyl groups excluding tert-OH is 2. The lowest BCUT2D eigenvalue weighted by atomic mass is 10.0. The zero-order valence-corrected chi connectivity index (χ0v) is 39.1. The monoisotopic (exact) mass is 828 g/mol. The molecule has 0 saturated heterocycles. The predicted molar refractivity (Wildman–Crippen MR) is 255 cm³/mol. The van der Waals surface area contributed by atoms with Crippen molar-refractivity contribution >= 4 is 11.9 Å². The number of carbonyl (C=O) groups excluding carboxylic acids is 2. The zero-order valence-electron chi connectivity index (χ0n) is 39.1. The second-order valence-corrected chi connectivity index (χ2v) is 17.2. The van der Waals surface area contributed by atoms with Gasteiger partial charge in [0.1, 0.15) is 6.10 Å². The summed E-state index contributed by atoms with van der Waals surface area (Å²) in [6, 6.07) is -0.714. The first-order valence-electron chi connectivity index (χ1n) is 25.4. The Kier molecular flexibility index (Phi) is 45.1. The summed E-state index contributed by atoms with van der Waals surface area (Å²) in [7, 11) is 0. The molecule has 344 valence electrons. The third-order valence-electron chi connectivity index (χ3n) is 11.4. The SMILES string of the molecule is CC/C=C/C/C=C/C/C=C/CCCCC(CC(=O)NC(CO)C(O)CCCCCCCCCCCCCCCCCCC)OC(=O)CCCCCCC/C=C\CCCC. The summed E-state index contributed by atoms with van der Waals surface area (Å²) >= 11 is 0. The van der Waals surface area contributed by atoms with E-state index in [1.807, 2.05) is 0 Å². The maximum Gasteiger partial charge on any atom is 0.306 e. The fourth-order valence-corrected chi connectivity index (χ4v) is 7.54. The Morgan fingerprint density at radius 3 is 1.47 bits per heavy atom. The number of nitrogens with one attached hydrogen (secondary N) is 1. The van der Waals surface area contributed by atoms with Gasteiger partial charge in [0.05, 0.1) is 25.2 Å². The van der Waals surface area contributed by atoms with Gasteiger partial charge in [0.2, 0.25) is 5.91 Å². The molecule has 0 aliphatic carbocycles. The van der Waals surface area contributed by atoms with E-state index < -0.39 is 18.2 Å². The number of carbonyl (C=O) groups is 2. The van der Waals surface area contributed by atoms with Crippen LogP contribution in [-0.4, -0.2) is 46.9 Å². The van der Waals surface area contributed by atoms with E-state index in [0.29, 0.717) is 19.3 Å². The molecule has 0 aromatic carbocycles. The number of esters is 1. The van der Waals surface area contributed by atoms with Crippen molar-refractivity contribution in [2.75, 3.05) is 6.61 Å². The number of allylic oxidation sites excluding steroid dienone is 8. The summed E-state index contributed by atoms with van der Waals surface area (Å²) in [6.07, 6.45) is 56.1. The quantitative estimate of drug-likeness (QED) is 0.0323. The Hall–Kier alpha value is -2.18. The molecule has 0 rings (SSSR count). The molecular formula is C53H97NO5. The van der Waals surface area contributed by atoms with Crippen LogP contribution < -0.4 is 5.32 Å². The standard InChI is InChI=1S/C53H97NO5/c1-4-7-10-13-16-19-22-24-25-26-27-28-31-33-36-39-42-45-51(56)50(48-55)54-52(57)47-49(44-41-38-35-32-30-23-20-17-14-11-8-5-2)59-53(58)46-43-40-37-34-29-21-18-15-12-9-6-3/h8,11,15,17-18,20,30,32,49-51,55-56H,4-7,9-10,12-14,16,19,21-29,31,33-48H2,1-3H3,(H,54,57)/b11-8+,18-15-,20-17+,32-30+. The Morgan fingerprint density at radius 2 is 0.932 bits per heavy atom. The van der Waals surface area contributed by atoms with E-state index in [2.05, 4.69) is 74.7 Å². The van der Waals surface area contributed by atoms with Crippen LogP contribution in [0.5, 0.6) is 0 Å². The third kappa shape index (κ3) is 42.3. The van der Waals surface area contributed by atoms with Gasteiger partial charge in [-0.15, -0.1) is 0 Å². The molecular weight excluding hydrogens is 731 g/mol. The molecule has 0 fully saturated rings. The molecule has 0 aromatic heterocycles. The number of rotatable bonds is 45. The molecule has 0 radical (unpaired) electrons. The normalized spacial score (nSPS) is 13.6. The van der Waals surface area contributed by atoms with Crippen LogP contribution in [0.25, 0.3) is 0 Å². The third-order valence-corrected chi connectivity index (χ3v) is 11.4. The molecule has 0 aliphatic heterocycles. The van der Waals surface area contributed by atoms with Crippen molar-refractivity contribution < 1.29 is 24.5 Å². The van der Waals surface area contributed by atoms with Crippen molar-refractivity contribution in [1.82, 2.24) is 5.32 Å². The number of hydrogen-bond donors (Lipinski definition) is 3. The maximum absolute atomic E-state index is 13.2. The van der Waals surface area contributed by atoms with Crippen LogP contribution in [0.1, 0.15) is 252 Å². The van der Waals surface area contributed by atoms with Crippen LogP contribution in [0.15, 0.2) is 48.6 Å². The average molecular weight is 828 g/mol. The smallest absolute Gasteiger partial charge is 0.306 e. The van der Waals surface area contributed by atoms with Gasteiger partial charge >= 0.3 is 5.97 Å². The highest BCUT2D eigenvalue weighted by molar-refractivity contribution is 5.77. The van der Waals surface area contributed by atoms with Gasteiger partial charge in [-0.05, 0) is 77.0 Å². The summed E-state index contributed by atoms with van der Waals surface area (Å²) in [5, 5.41) is 23.8. The van der Waals surface area contributed by atoms with Gasteiger partial charge < -0.3 is 20.3 Å². The highest BCUT2D eigenvalue weighted by Crippen LogP contribution is 2.17. The van der Waals surface area contributed by atoms with E-state index in [1.165, 1.54) is 122 Å². The van der Waals surface area contributed by atoms with Crippen LogP contribution in [0, 0.1) is 0 Å². The Bertz CT molecular complexity index is 1020. The first kappa shape index (κ1) is 56.8. The lowest BCUT2D eigenvalue weighted by Gasteiger charge is -2.24. The summed E-state index contributed by atoms with van der Waals surface area (Å²) in [4.78, 5) is 26.0. The van der Waals surface area contributed by atoms with Crippen molar-refractivity contribution in [3.8, 4) is 0 Å². The summed E-state index contributed by atoms with van der Waals surface area (Å²) in [6.45, 7) is 6.32. The second-order valence-electron chi connectivity index (χ2n) is 17.2. The molecule has 0 bridgehead atoms. The molecule has 3 atom stereocenters. The van der Waals surface area contributed by atoms with Gasteiger partial charge in [0.15, 0.2) is 0 Å².